The van der Waals surface area contributed by atoms with E-state index in [0.717, 1.165) is 12.8 Å². The molecular formula is C6H14N4O2S. The van der Waals surface area contributed by atoms with Crippen molar-refractivity contribution in [1.82, 2.24) is 4.72 Å². The molecule has 6 N–H and O–H groups in total. The minimum Gasteiger partial charge on any atom is -0.387 e. The molecule has 0 heterocycles. The van der Waals surface area contributed by atoms with E-state index in [0.29, 0.717) is 6.42 Å². The summed E-state index contributed by atoms with van der Waals surface area (Å²) >= 11 is 0. The van der Waals surface area contributed by atoms with Crippen LogP contribution in [0.3, 0.4) is 0 Å². The van der Waals surface area contributed by atoms with Gasteiger partial charge in [-0.15, -0.1) is 0 Å². The Labute approximate surface area is 77.4 Å². The molecule has 0 aliphatic heterocycles. The number of hydrogen-bond acceptors (Lipinski definition) is 3. The Bertz CT molecular complexity index is 300. The normalized spacial score (nSPS) is 29.0. The van der Waals surface area contributed by atoms with Crippen LogP contribution in [0.5, 0.6) is 0 Å². The Morgan fingerprint density at radius 3 is 2.54 bits per heavy atom. The molecule has 6 nitrogen and oxygen atoms in total. The van der Waals surface area contributed by atoms with Crippen LogP contribution in [-0.2, 0) is 10.2 Å². The van der Waals surface area contributed by atoms with Gasteiger partial charge in [0.05, 0.1) is 5.84 Å². The molecule has 0 radical (unpaired) electrons. The van der Waals surface area contributed by atoms with Crippen LogP contribution in [-0.4, -0.2) is 20.3 Å². The molecule has 0 aromatic rings. The van der Waals surface area contributed by atoms with Gasteiger partial charge >= 0.3 is 0 Å². The fourth-order valence-corrected chi connectivity index (χ4v) is 2.39. The second-order valence-corrected chi connectivity index (χ2v) is 4.59. The topological polar surface area (TPSA) is 122 Å². The molecule has 1 aliphatic rings. The van der Waals surface area contributed by atoms with E-state index in [-0.39, 0.29) is 17.8 Å². The quantitative estimate of drug-likeness (QED) is 0.345. The molecule has 0 bridgehead atoms. The third-order valence-corrected chi connectivity index (χ3v) is 2.86. The minimum atomic E-state index is -3.68. The van der Waals surface area contributed by atoms with Crippen LogP contribution in [0, 0.1) is 11.3 Å². The molecule has 1 saturated carbocycles. The van der Waals surface area contributed by atoms with Gasteiger partial charge in [-0.3, -0.25) is 5.41 Å². The van der Waals surface area contributed by atoms with Crippen LogP contribution in [0.1, 0.15) is 19.3 Å². The highest BCUT2D eigenvalue weighted by molar-refractivity contribution is 7.87. The fraction of sp³-hybridized carbons (Fsp3) is 0.833. The summed E-state index contributed by atoms with van der Waals surface area (Å²) in [7, 11) is -3.68. The molecule has 0 spiro atoms. The summed E-state index contributed by atoms with van der Waals surface area (Å²) in [6, 6.07) is -0.299. The number of nitrogens with two attached hydrogens (primary N) is 2. The second-order valence-electron chi connectivity index (χ2n) is 3.26. The first-order valence-electron chi connectivity index (χ1n) is 4.04. The third kappa shape index (κ3) is 2.94. The molecular weight excluding hydrogens is 192 g/mol. The van der Waals surface area contributed by atoms with Crippen molar-refractivity contribution < 1.29 is 8.42 Å². The van der Waals surface area contributed by atoms with Gasteiger partial charge in [-0.05, 0) is 12.8 Å². The predicted molar refractivity (Wildman–Crippen MR) is 49.3 cm³/mol. The van der Waals surface area contributed by atoms with E-state index in [1.165, 1.54) is 0 Å². The van der Waals surface area contributed by atoms with Crippen molar-refractivity contribution in [3.8, 4) is 0 Å². The average molecular weight is 206 g/mol. The zero-order valence-electron chi connectivity index (χ0n) is 7.16. The van der Waals surface area contributed by atoms with Crippen LogP contribution in [0.4, 0.5) is 0 Å². The first kappa shape index (κ1) is 10.4. The van der Waals surface area contributed by atoms with Crippen molar-refractivity contribution in [2.45, 2.75) is 25.3 Å². The van der Waals surface area contributed by atoms with Gasteiger partial charge in [-0.2, -0.15) is 13.1 Å². The van der Waals surface area contributed by atoms with Gasteiger partial charge in [0.2, 0.25) is 0 Å². The maximum Gasteiger partial charge on any atom is 0.274 e. The standard InChI is InChI=1S/C6H14N4O2S/c7-6(8)4-2-1-3-5(4)10-13(9,11)12/h4-5,10H,1-3H2,(H3,7,8)(H2,9,11,12). The molecule has 0 aromatic heterocycles. The van der Waals surface area contributed by atoms with Gasteiger partial charge in [-0.25, -0.2) is 5.14 Å². The van der Waals surface area contributed by atoms with E-state index in [9.17, 15) is 8.42 Å². The summed E-state index contributed by atoms with van der Waals surface area (Å²) < 4.78 is 23.7. The summed E-state index contributed by atoms with van der Waals surface area (Å²) in [5.74, 6) is -0.169. The molecule has 76 valence electrons. The van der Waals surface area contributed by atoms with E-state index >= 15 is 0 Å². The molecule has 0 aromatic carbocycles. The summed E-state index contributed by atoms with van der Waals surface area (Å²) in [5.41, 5.74) is 5.31. The lowest BCUT2D eigenvalue weighted by molar-refractivity contribution is 0.522. The second kappa shape index (κ2) is 3.60. The summed E-state index contributed by atoms with van der Waals surface area (Å²) in [6.07, 6.45) is 2.32. The van der Waals surface area contributed by atoms with E-state index in [1.54, 1.807) is 0 Å². The van der Waals surface area contributed by atoms with Crippen molar-refractivity contribution in [3.05, 3.63) is 0 Å². The van der Waals surface area contributed by atoms with Crippen molar-refractivity contribution in [2.75, 3.05) is 0 Å². The van der Waals surface area contributed by atoms with Crippen LogP contribution < -0.4 is 15.6 Å². The van der Waals surface area contributed by atoms with Crippen LogP contribution in [0.25, 0.3) is 0 Å². The Hall–Kier alpha value is -0.660. The zero-order valence-corrected chi connectivity index (χ0v) is 7.97. The maximum atomic E-state index is 10.7. The van der Waals surface area contributed by atoms with Crippen LogP contribution in [0.15, 0.2) is 0 Å². The summed E-state index contributed by atoms with van der Waals surface area (Å²) in [6.45, 7) is 0. The van der Waals surface area contributed by atoms with Crippen LogP contribution in [0.2, 0.25) is 0 Å². The van der Waals surface area contributed by atoms with E-state index in [1.807, 2.05) is 0 Å². The lowest BCUT2D eigenvalue weighted by Gasteiger charge is -2.17. The summed E-state index contributed by atoms with van der Waals surface area (Å²) in [4.78, 5) is 0. The monoisotopic (exact) mass is 206 g/mol. The highest BCUT2D eigenvalue weighted by atomic mass is 32.2. The molecule has 7 heteroatoms. The lowest BCUT2D eigenvalue weighted by Crippen LogP contribution is -2.44. The average Bonchev–Trinajstić information content (AvgIpc) is 2.31. The Morgan fingerprint density at radius 2 is 2.08 bits per heavy atom. The smallest absolute Gasteiger partial charge is 0.274 e. The Kier molecular flexibility index (Phi) is 2.89. The van der Waals surface area contributed by atoms with Crippen molar-refractivity contribution in [3.63, 3.8) is 0 Å². The minimum absolute atomic E-state index is 0.0265. The largest absolute Gasteiger partial charge is 0.387 e. The number of hydrogen-bond donors (Lipinski definition) is 4. The van der Waals surface area contributed by atoms with Gasteiger partial charge < -0.3 is 5.73 Å². The van der Waals surface area contributed by atoms with Crippen molar-refractivity contribution in [2.24, 2.45) is 16.8 Å². The molecule has 2 atom stereocenters. The highest BCUT2D eigenvalue weighted by Crippen LogP contribution is 2.25. The van der Waals surface area contributed by atoms with Gasteiger partial charge in [0.15, 0.2) is 0 Å². The number of nitrogens with one attached hydrogen (secondary N) is 2. The van der Waals surface area contributed by atoms with Gasteiger partial charge in [0.1, 0.15) is 0 Å². The third-order valence-electron chi connectivity index (χ3n) is 2.23. The fourth-order valence-electron chi connectivity index (χ4n) is 1.68. The SMILES string of the molecule is N=C(N)C1CCCC1NS(N)(=O)=O. The molecule has 13 heavy (non-hydrogen) atoms. The molecule has 1 fully saturated rings. The molecule has 1 aliphatic carbocycles. The Balaban J connectivity index is 2.64. The van der Waals surface area contributed by atoms with E-state index in [2.05, 4.69) is 4.72 Å². The zero-order chi connectivity index (χ0) is 10.1. The Morgan fingerprint density at radius 1 is 1.46 bits per heavy atom. The summed E-state index contributed by atoms with van der Waals surface area (Å²) in [5, 5.41) is 12.1. The van der Waals surface area contributed by atoms with Gasteiger partial charge in [0, 0.05) is 12.0 Å². The molecule has 0 saturated heterocycles. The molecule has 0 amide bonds. The number of amidine groups is 1. The van der Waals surface area contributed by atoms with Gasteiger partial charge in [0.25, 0.3) is 10.2 Å². The maximum absolute atomic E-state index is 10.7. The molecule has 2 unspecified atom stereocenters. The first-order chi connectivity index (χ1) is 5.90. The van der Waals surface area contributed by atoms with Crippen molar-refractivity contribution in [1.29, 1.82) is 5.41 Å². The predicted octanol–water partition coefficient (Wildman–Crippen LogP) is -1.12. The van der Waals surface area contributed by atoms with E-state index in [4.69, 9.17) is 16.3 Å². The van der Waals surface area contributed by atoms with Crippen LogP contribution >= 0.6 is 0 Å². The van der Waals surface area contributed by atoms with Crippen molar-refractivity contribution >= 4 is 16.0 Å². The first-order valence-corrected chi connectivity index (χ1v) is 5.59. The van der Waals surface area contributed by atoms with E-state index < -0.39 is 10.2 Å². The number of rotatable bonds is 3. The van der Waals surface area contributed by atoms with Gasteiger partial charge in [-0.1, -0.05) is 6.42 Å². The lowest BCUT2D eigenvalue weighted by atomic mass is 10.0. The molecule has 1 rings (SSSR count). The highest BCUT2D eigenvalue weighted by Gasteiger charge is 2.31.